The number of carbonyl (C=O) groups is 3. The number of aromatic carboxylic acids is 1. The maximum absolute atomic E-state index is 13.2. The number of fused-ring (bicyclic) bond motifs is 1. The molecule has 0 unspecified atom stereocenters. The average Bonchev–Trinajstić information content (AvgIpc) is 3.10. The van der Waals surface area contributed by atoms with Crippen LogP contribution < -0.4 is 15.4 Å². The summed E-state index contributed by atoms with van der Waals surface area (Å²) in [5.74, 6) is -1.26. The minimum atomic E-state index is -1.14. The Hall–Kier alpha value is -3.85. The van der Waals surface area contributed by atoms with Gasteiger partial charge in [0.15, 0.2) is 0 Å². The van der Waals surface area contributed by atoms with Gasteiger partial charge in [0.2, 0.25) is 11.8 Å². The van der Waals surface area contributed by atoms with E-state index in [1.807, 2.05) is 19.1 Å². The summed E-state index contributed by atoms with van der Waals surface area (Å²) in [6.45, 7) is 1.81. The number of methoxy groups -OCH3 is 1. The zero-order chi connectivity index (χ0) is 23.0. The Bertz CT molecular complexity index is 1240. The fourth-order valence-corrected chi connectivity index (χ4v) is 3.70. The molecule has 0 saturated heterocycles. The van der Waals surface area contributed by atoms with Gasteiger partial charge in [-0.3, -0.25) is 9.59 Å². The molecule has 32 heavy (non-hydrogen) atoms. The number of anilines is 2. The highest BCUT2D eigenvalue weighted by molar-refractivity contribution is 6.30. The lowest BCUT2D eigenvalue weighted by atomic mass is 10.1. The predicted octanol–water partition coefficient (Wildman–Crippen LogP) is 3.74. The smallest absolute Gasteiger partial charge is 0.335 e. The van der Waals surface area contributed by atoms with Crippen molar-refractivity contribution in [1.82, 2.24) is 9.78 Å². The topological polar surface area (TPSA) is 123 Å². The Morgan fingerprint density at radius 3 is 2.62 bits per heavy atom. The van der Waals surface area contributed by atoms with Crippen molar-refractivity contribution in [2.24, 2.45) is 0 Å². The molecular weight excluding hydrogens is 436 g/mol. The van der Waals surface area contributed by atoms with Crippen molar-refractivity contribution in [1.29, 1.82) is 0 Å². The highest BCUT2D eigenvalue weighted by Crippen LogP contribution is 2.35. The van der Waals surface area contributed by atoms with Gasteiger partial charge in [-0.2, -0.15) is 5.10 Å². The van der Waals surface area contributed by atoms with Gasteiger partial charge in [-0.15, -0.1) is 0 Å². The molecule has 10 heteroatoms. The quantitative estimate of drug-likeness (QED) is 0.539. The Morgan fingerprint density at radius 1 is 1.25 bits per heavy atom. The van der Waals surface area contributed by atoms with Crippen LogP contribution in [0.4, 0.5) is 11.5 Å². The highest BCUT2D eigenvalue weighted by Gasteiger charge is 2.34. The number of carbonyl (C=O) groups excluding carboxylic acids is 2. The number of carboxylic acid groups (broad SMARTS) is 1. The Balaban J connectivity index is 1.70. The molecule has 0 spiro atoms. The highest BCUT2D eigenvalue weighted by atomic mass is 35.5. The number of hydrogen-bond donors (Lipinski definition) is 3. The standard InChI is InChI=1S/C22H19ClN4O5/c1-11-19(12-3-6-14(23)7-4-12)26-27-16(10-18(28)25-20(11)27)21(29)24-15-9-13(22(30)31)5-8-17(15)32-2/h3-9,16H,10H2,1-2H3,(H,24,29)(H,25,28)(H,30,31)/t16-/m0/s1. The van der Waals surface area contributed by atoms with Crippen LogP contribution in [-0.4, -0.2) is 39.8 Å². The first-order chi connectivity index (χ1) is 15.3. The van der Waals surface area contributed by atoms with Crippen LogP contribution in [0.2, 0.25) is 5.02 Å². The first-order valence-corrected chi connectivity index (χ1v) is 10.0. The number of benzene rings is 2. The number of amides is 2. The Morgan fingerprint density at radius 2 is 1.97 bits per heavy atom. The van der Waals surface area contributed by atoms with Crippen molar-refractivity contribution in [3.8, 4) is 17.0 Å². The second-order valence-electron chi connectivity index (χ2n) is 7.25. The molecule has 1 aliphatic rings. The lowest BCUT2D eigenvalue weighted by Gasteiger charge is -2.24. The van der Waals surface area contributed by atoms with E-state index in [9.17, 15) is 19.5 Å². The van der Waals surface area contributed by atoms with E-state index in [-0.39, 0.29) is 23.6 Å². The average molecular weight is 455 g/mol. The SMILES string of the molecule is COc1ccc(C(=O)O)cc1NC(=O)[C@@H]1CC(=O)Nc2c(C)c(-c3ccc(Cl)cc3)nn21. The predicted molar refractivity (Wildman–Crippen MR) is 118 cm³/mol. The van der Waals surface area contributed by atoms with E-state index in [1.165, 1.54) is 30.0 Å². The number of halogens is 1. The number of rotatable bonds is 5. The molecule has 9 nitrogen and oxygen atoms in total. The fourth-order valence-electron chi connectivity index (χ4n) is 3.58. The van der Waals surface area contributed by atoms with Crippen molar-refractivity contribution in [2.75, 3.05) is 17.7 Å². The molecule has 0 fully saturated rings. The fraction of sp³-hybridized carbons (Fsp3) is 0.182. The molecule has 0 aliphatic carbocycles. The van der Waals surface area contributed by atoms with Gasteiger partial charge in [0.1, 0.15) is 17.6 Å². The van der Waals surface area contributed by atoms with Crippen molar-refractivity contribution in [3.05, 3.63) is 58.6 Å². The number of hydrogen-bond acceptors (Lipinski definition) is 5. The van der Waals surface area contributed by atoms with Gasteiger partial charge in [-0.05, 0) is 37.3 Å². The lowest BCUT2D eigenvalue weighted by molar-refractivity contribution is -0.125. The zero-order valence-electron chi connectivity index (χ0n) is 17.2. The summed E-state index contributed by atoms with van der Waals surface area (Å²) in [5, 5.41) is 19.9. The van der Waals surface area contributed by atoms with Crippen LogP contribution >= 0.6 is 11.6 Å². The molecular formula is C22H19ClN4O5. The van der Waals surface area contributed by atoms with Gasteiger partial charge in [0, 0.05) is 16.1 Å². The Labute approximate surface area is 187 Å². The third-order valence-corrected chi connectivity index (χ3v) is 5.46. The molecule has 4 rings (SSSR count). The normalized spacial score (nSPS) is 15.0. The van der Waals surface area contributed by atoms with E-state index in [4.69, 9.17) is 16.3 Å². The summed E-state index contributed by atoms with van der Waals surface area (Å²) in [6.07, 6.45) is -0.124. The molecule has 3 N–H and O–H groups in total. The number of nitrogens with zero attached hydrogens (tertiary/aromatic N) is 2. The minimum Gasteiger partial charge on any atom is -0.495 e. The van der Waals surface area contributed by atoms with Crippen molar-refractivity contribution in [2.45, 2.75) is 19.4 Å². The monoisotopic (exact) mass is 454 g/mol. The summed E-state index contributed by atoms with van der Waals surface area (Å²) in [5.41, 5.74) is 2.29. The first-order valence-electron chi connectivity index (χ1n) is 9.65. The number of nitrogens with one attached hydrogen (secondary N) is 2. The summed E-state index contributed by atoms with van der Waals surface area (Å²) in [7, 11) is 1.41. The van der Waals surface area contributed by atoms with Crippen LogP contribution in [0.1, 0.15) is 28.4 Å². The summed E-state index contributed by atoms with van der Waals surface area (Å²) < 4.78 is 6.71. The molecule has 164 valence electrons. The third kappa shape index (κ3) is 3.90. The molecule has 0 radical (unpaired) electrons. The van der Waals surface area contributed by atoms with E-state index in [0.29, 0.717) is 27.8 Å². The Kier molecular flexibility index (Phi) is 5.58. The maximum Gasteiger partial charge on any atom is 0.335 e. The van der Waals surface area contributed by atoms with Crippen LogP contribution in [0.3, 0.4) is 0 Å². The van der Waals surface area contributed by atoms with Crippen LogP contribution in [0.25, 0.3) is 11.3 Å². The molecule has 3 aromatic rings. The molecule has 2 heterocycles. The molecule has 1 aromatic heterocycles. The van der Waals surface area contributed by atoms with Gasteiger partial charge in [-0.1, -0.05) is 23.7 Å². The van der Waals surface area contributed by atoms with Gasteiger partial charge in [0.25, 0.3) is 0 Å². The van der Waals surface area contributed by atoms with Crippen LogP contribution in [0.5, 0.6) is 5.75 Å². The van der Waals surface area contributed by atoms with Crippen LogP contribution in [0, 0.1) is 6.92 Å². The third-order valence-electron chi connectivity index (χ3n) is 5.20. The number of aromatic nitrogens is 2. The first kappa shape index (κ1) is 21.4. The van der Waals surface area contributed by atoms with Crippen LogP contribution in [-0.2, 0) is 9.59 Å². The minimum absolute atomic E-state index is 0.0110. The van der Waals surface area contributed by atoms with Gasteiger partial charge >= 0.3 is 5.97 Å². The summed E-state index contributed by atoms with van der Waals surface area (Å²) in [4.78, 5) is 36.8. The second kappa shape index (κ2) is 8.35. The maximum atomic E-state index is 13.2. The van der Waals surface area contributed by atoms with E-state index in [2.05, 4.69) is 15.7 Å². The lowest BCUT2D eigenvalue weighted by Crippen LogP contribution is -2.36. The molecule has 2 aromatic carbocycles. The molecule has 2 amide bonds. The van der Waals surface area contributed by atoms with Gasteiger partial charge in [0.05, 0.1) is 30.5 Å². The molecule has 0 saturated carbocycles. The van der Waals surface area contributed by atoms with E-state index < -0.39 is 17.9 Å². The van der Waals surface area contributed by atoms with Gasteiger partial charge in [-0.25, -0.2) is 9.48 Å². The molecule has 0 bridgehead atoms. The number of carboxylic acids is 1. The van der Waals surface area contributed by atoms with E-state index in [0.717, 1.165) is 5.56 Å². The van der Waals surface area contributed by atoms with Crippen molar-refractivity contribution in [3.63, 3.8) is 0 Å². The molecule has 1 atom stereocenters. The van der Waals surface area contributed by atoms with Gasteiger partial charge < -0.3 is 20.5 Å². The van der Waals surface area contributed by atoms with E-state index in [1.54, 1.807) is 12.1 Å². The van der Waals surface area contributed by atoms with Crippen molar-refractivity contribution >= 4 is 40.9 Å². The van der Waals surface area contributed by atoms with E-state index >= 15 is 0 Å². The van der Waals surface area contributed by atoms with Crippen LogP contribution in [0.15, 0.2) is 42.5 Å². The largest absolute Gasteiger partial charge is 0.495 e. The van der Waals surface area contributed by atoms with Crippen molar-refractivity contribution < 1.29 is 24.2 Å². The number of ether oxygens (including phenoxy) is 1. The molecule has 1 aliphatic heterocycles. The summed E-state index contributed by atoms with van der Waals surface area (Å²) >= 11 is 5.97. The second-order valence-corrected chi connectivity index (χ2v) is 7.69. The summed E-state index contributed by atoms with van der Waals surface area (Å²) in [6, 6.07) is 10.3. The zero-order valence-corrected chi connectivity index (χ0v) is 17.9.